The second-order valence-corrected chi connectivity index (χ2v) is 3.95. The molecule has 98 valence electrons. The third-order valence-electron chi connectivity index (χ3n) is 2.53. The van der Waals surface area contributed by atoms with Crippen molar-refractivity contribution in [1.29, 1.82) is 0 Å². The first kappa shape index (κ1) is 13.2. The SMILES string of the molecule is O=C(Nc1cccc(F)c1)C(O)c1ccc(F)cc1. The molecule has 0 aliphatic carbocycles. The van der Waals surface area contributed by atoms with Crippen LogP contribution < -0.4 is 5.32 Å². The Morgan fingerprint density at radius 3 is 2.37 bits per heavy atom. The fraction of sp³-hybridized carbons (Fsp3) is 0.0714. The third-order valence-corrected chi connectivity index (χ3v) is 2.53. The lowest BCUT2D eigenvalue weighted by molar-refractivity contribution is -0.124. The van der Waals surface area contributed by atoms with Crippen molar-refractivity contribution in [2.24, 2.45) is 0 Å². The minimum absolute atomic E-state index is 0.242. The summed E-state index contributed by atoms with van der Waals surface area (Å²) in [5, 5.41) is 12.2. The topological polar surface area (TPSA) is 49.3 Å². The van der Waals surface area contributed by atoms with E-state index in [1.54, 1.807) is 0 Å². The van der Waals surface area contributed by atoms with Crippen LogP contribution in [0.15, 0.2) is 48.5 Å². The first-order valence-electron chi connectivity index (χ1n) is 5.56. The molecule has 3 nitrogen and oxygen atoms in total. The fourth-order valence-corrected chi connectivity index (χ4v) is 1.57. The van der Waals surface area contributed by atoms with Crippen LogP contribution in [0.5, 0.6) is 0 Å². The van der Waals surface area contributed by atoms with E-state index in [9.17, 15) is 18.7 Å². The highest BCUT2D eigenvalue weighted by atomic mass is 19.1. The zero-order chi connectivity index (χ0) is 13.8. The van der Waals surface area contributed by atoms with Crippen LogP contribution >= 0.6 is 0 Å². The minimum atomic E-state index is -1.44. The summed E-state index contributed by atoms with van der Waals surface area (Å²) in [4.78, 5) is 11.7. The summed E-state index contributed by atoms with van der Waals surface area (Å²) < 4.78 is 25.6. The molecule has 0 saturated carbocycles. The summed E-state index contributed by atoms with van der Waals surface area (Å²) >= 11 is 0. The molecule has 0 spiro atoms. The molecule has 1 atom stereocenters. The van der Waals surface area contributed by atoms with Crippen LogP contribution in [0.1, 0.15) is 11.7 Å². The molecule has 0 fully saturated rings. The lowest BCUT2D eigenvalue weighted by Crippen LogP contribution is -2.20. The van der Waals surface area contributed by atoms with Crippen LogP contribution in [0.4, 0.5) is 14.5 Å². The normalized spacial score (nSPS) is 11.9. The van der Waals surface area contributed by atoms with E-state index in [2.05, 4.69) is 5.32 Å². The number of carbonyl (C=O) groups excluding carboxylic acids is 1. The van der Waals surface area contributed by atoms with Gasteiger partial charge in [-0.25, -0.2) is 8.78 Å². The number of hydrogen-bond donors (Lipinski definition) is 2. The molecule has 0 aliphatic heterocycles. The second kappa shape index (κ2) is 5.58. The first-order valence-corrected chi connectivity index (χ1v) is 5.56. The Balaban J connectivity index is 2.09. The van der Waals surface area contributed by atoms with Crippen LogP contribution in [-0.4, -0.2) is 11.0 Å². The molecule has 1 unspecified atom stereocenters. The summed E-state index contributed by atoms with van der Waals surface area (Å²) in [6, 6.07) is 10.2. The van der Waals surface area contributed by atoms with Crippen LogP contribution in [0, 0.1) is 11.6 Å². The Hall–Kier alpha value is -2.27. The van der Waals surface area contributed by atoms with Crippen molar-refractivity contribution >= 4 is 11.6 Å². The minimum Gasteiger partial charge on any atom is -0.378 e. The van der Waals surface area contributed by atoms with E-state index >= 15 is 0 Å². The van der Waals surface area contributed by atoms with E-state index in [1.807, 2.05) is 0 Å². The van der Waals surface area contributed by atoms with Gasteiger partial charge in [-0.05, 0) is 35.9 Å². The molecule has 19 heavy (non-hydrogen) atoms. The summed E-state index contributed by atoms with van der Waals surface area (Å²) in [5.74, 6) is -1.66. The zero-order valence-electron chi connectivity index (χ0n) is 9.81. The van der Waals surface area contributed by atoms with E-state index in [0.29, 0.717) is 0 Å². The number of amides is 1. The number of benzene rings is 2. The number of rotatable bonds is 3. The molecule has 2 rings (SSSR count). The maximum Gasteiger partial charge on any atom is 0.257 e. The van der Waals surface area contributed by atoms with Crippen molar-refractivity contribution < 1.29 is 18.7 Å². The smallest absolute Gasteiger partial charge is 0.257 e. The summed E-state index contributed by atoms with van der Waals surface area (Å²) in [5.41, 5.74) is 0.501. The van der Waals surface area contributed by atoms with E-state index in [-0.39, 0.29) is 11.3 Å². The Kier molecular flexibility index (Phi) is 3.87. The standard InChI is InChI=1S/C14H11F2NO2/c15-10-6-4-9(5-7-10)13(18)14(19)17-12-3-1-2-11(16)8-12/h1-8,13,18H,(H,17,19). The largest absolute Gasteiger partial charge is 0.378 e. The van der Waals surface area contributed by atoms with Gasteiger partial charge in [-0.2, -0.15) is 0 Å². The molecule has 2 N–H and O–H groups in total. The fourth-order valence-electron chi connectivity index (χ4n) is 1.57. The molecule has 5 heteroatoms. The van der Waals surface area contributed by atoms with E-state index in [1.165, 1.54) is 30.3 Å². The molecule has 2 aromatic carbocycles. The van der Waals surface area contributed by atoms with Gasteiger partial charge in [0.05, 0.1) is 0 Å². The van der Waals surface area contributed by atoms with Crippen LogP contribution in [-0.2, 0) is 4.79 Å². The van der Waals surface area contributed by atoms with Gasteiger partial charge in [-0.1, -0.05) is 18.2 Å². The van der Waals surface area contributed by atoms with Gasteiger partial charge >= 0.3 is 0 Å². The summed E-state index contributed by atoms with van der Waals surface area (Å²) in [6.45, 7) is 0. The lowest BCUT2D eigenvalue weighted by Gasteiger charge is -2.11. The highest BCUT2D eigenvalue weighted by molar-refractivity contribution is 5.94. The number of aliphatic hydroxyl groups is 1. The number of aliphatic hydroxyl groups excluding tert-OH is 1. The molecule has 0 aliphatic rings. The van der Waals surface area contributed by atoms with Gasteiger partial charge in [-0.3, -0.25) is 4.79 Å². The van der Waals surface area contributed by atoms with Gasteiger partial charge in [0.15, 0.2) is 6.10 Å². The monoisotopic (exact) mass is 263 g/mol. The van der Waals surface area contributed by atoms with Crippen LogP contribution in [0.2, 0.25) is 0 Å². The van der Waals surface area contributed by atoms with Crippen molar-refractivity contribution in [1.82, 2.24) is 0 Å². The second-order valence-electron chi connectivity index (χ2n) is 3.95. The molecular formula is C14H11F2NO2. The van der Waals surface area contributed by atoms with E-state index < -0.39 is 23.6 Å². The molecular weight excluding hydrogens is 252 g/mol. The van der Waals surface area contributed by atoms with Crippen LogP contribution in [0.25, 0.3) is 0 Å². The predicted molar refractivity (Wildman–Crippen MR) is 66.4 cm³/mol. The average molecular weight is 263 g/mol. The Morgan fingerprint density at radius 2 is 1.74 bits per heavy atom. The third kappa shape index (κ3) is 3.35. The van der Waals surface area contributed by atoms with Gasteiger partial charge in [0.2, 0.25) is 0 Å². The molecule has 2 aromatic rings. The Bertz CT molecular complexity index is 584. The molecule has 0 saturated heterocycles. The quantitative estimate of drug-likeness (QED) is 0.894. The van der Waals surface area contributed by atoms with E-state index in [4.69, 9.17) is 0 Å². The maximum atomic E-state index is 12.9. The number of carbonyl (C=O) groups is 1. The van der Waals surface area contributed by atoms with Gasteiger partial charge in [-0.15, -0.1) is 0 Å². The highest BCUT2D eigenvalue weighted by Crippen LogP contribution is 2.17. The lowest BCUT2D eigenvalue weighted by atomic mass is 10.1. The van der Waals surface area contributed by atoms with E-state index in [0.717, 1.165) is 18.2 Å². The average Bonchev–Trinajstić information content (AvgIpc) is 2.39. The van der Waals surface area contributed by atoms with Crippen molar-refractivity contribution in [3.05, 3.63) is 65.7 Å². The molecule has 0 bridgehead atoms. The number of halogens is 2. The Labute approximate surface area is 108 Å². The first-order chi connectivity index (χ1) is 9.06. The highest BCUT2D eigenvalue weighted by Gasteiger charge is 2.17. The van der Waals surface area contributed by atoms with Gasteiger partial charge < -0.3 is 10.4 Å². The summed E-state index contributed by atoms with van der Waals surface area (Å²) in [7, 11) is 0. The number of anilines is 1. The van der Waals surface area contributed by atoms with Gasteiger partial charge in [0, 0.05) is 5.69 Å². The molecule has 0 aromatic heterocycles. The van der Waals surface area contributed by atoms with Crippen molar-refractivity contribution in [3.63, 3.8) is 0 Å². The predicted octanol–water partition coefficient (Wildman–Crippen LogP) is 2.64. The van der Waals surface area contributed by atoms with Gasteiger partial charge in [0.1, 0.15) is 11.6 Å². The van der Waals surface area contributed by atoms with Crippen LogP contribution in [0.3, 0.4) is 0 Å². The summed E-state index contributed by atoms with van der Waals surface area (Å²) in [6.07, 6.45) is -1.44. The molecule has 0 heterocycles. The van der Waals surface area contributed by atoms with Crippen molar-refractivity contribution in [2.75, 3.05) is 5.32 Å². The van der Waals surface area contributed by atoms with Crippen molar-refractivity contribution in [2.45, 2.75) is 6.10 Å². The van der Waals surface area contributed by atoms with Crippen molar-refractivity contribution in [3.8, 4) is 0 Å². The Morgan fingerprint density at radius 1 is 1.05 bits per heavy atom. The number of hydrogen-bond acceptors (Lipinski definition) is 2. The maximum absolute atomic E-state index is 12.9. The molecule has 0 radical (unpaired) electrons. The number of nitrogens with one attached hydrogen (secondary N) is 1. The van der Waals surface area contributed by atoms with Gasteiger partial charge in [0.25, 0.3) is 5.91 Å². The molecule has 1 amide bonds. The zero-order valence-corrected chi connectivity index (χ0v) is 9.81.